The molecule has 3 aromatic rings. The van der Waals surface area contributed by atoms with Gasteiger partial charge in [0.2, 0.25) is 5.88 Å². The van der Waals surface area contributed by atoms with E-state index in [-0.39, 0.29) is 16.6 Å². The Labute approximate surface area is 166 Å². The molecule has 1 aromatic heterocycles. The standard InChI is InChI=1S/C19H17N5O3S/c1-12-16(17(25)24(23-12)15-8-3-2-4-9-15)11-20-22-19(28)21-14-7-5-6-13(10-14)18(26)27/h2-11,25H,1H3,(H,26,27)(H2,21,22,28)/b20-11+. The van der Waals surface area contributed by atoms with E-state index in [9.17, 15) is 9.90 Å². The van der Waals surface area contributed by atoms with Gasteiger partial charge in [0.1, 0.15) is 0 Å². The second-order valence-corrected chi connectivity index (χ2v) is 6.19. The number of nitrogens with one attached hydrogen (secondary N) is 2. The van der Waals surface area contributed by atoms with E-state index in [0.717, 1.165) is 5.69 Å². The minimum atomic E-state index is -1.03. The van der Waals surface area contributed by atoms with Crippen LogP contribution in [0.3, 0.4) is 0 Å². The number of para-hydroxylation sites is 1. The van der Waals surface area contributed by atoms with E-state index in [4.69, 9.17) is 17.3 Å². The van der Waals surface area contributed by atoms with E-state index >= 15 is 0 Å². The summed E-state index contributed by atoms with van der Waals surface area (Å²) in [6.07, 6.45) is 1.42. The van der Waals surface area contributed by atoms with E-state index in [2.05, 4.69) is 20.9 Å². The number of aryl methyl sites for hydroxylation is 1. The van der Waals surface area contributed by atoms with Crippen molar-refractivity contribution in [2.24, 2.45) is 5.10 Å². The fourth-order valence-electron chi connectivity index (χ4n) is 2.47. The third-order valence-corrected chi connectivity index (χ3v) is 4.00. The van der Waals surface area contributed by atoms with Crippen molar-refractivity contribution in [2.75, 3.05) is 5.32 Å². The summed E-state index contributed by atoms with van der Waals surface area (Å²) in [6, 6.07) is 15.5. The Morgan fingerprint density at radius 2 is 1.96 bits per heavy atom. The Morgan fingerprint density at radius 3 is 2.68 bits per heavy atom. The van der Waals surface area contributed by atoms with Crippen LogP contribution < -0.4 is 10.7 Å². The summed E-state index contributed by atoms with van der Waals surface area (Å²) < 4.78 is 1.42. The molecule has 142 valence electrons. The number of hydrogen-bond donors (Lipinski definition) is 4. The fraction of sp³-hybridized carbons (Fsp3) is 0.0526. The zero-order valence-corrected chi connectivity index (χ0v) is 15.6. The molecular formula is C19H17N5O3S. The first-order valence-electron chi connectivity index (χ1n) is 8.23. The van der Waals surface area contributed by atoms with Crippen LogP contribution in [0, 0.1) is 6.92 Å². The van der Waals surface area contributed by atoms with E-state index in [0.29, 0.717) is 16.9 Å². The van der Waals surface area contributed by atoms with Crippen molar-refractivity contribution in [3.05, 3.63) is 71.4 Å². The van der Waals surface area contributed by atoms with Crippen LogP contribution in [0.2, 0.25) is 0 Å². The number of nitrogens with zero attached hydrogens (tertiary/aromatic N) is 3. The minimum absolute atomic E-state index is 0.0395. The van der Waals surface area contributed by atoms with Gasteiger partial charge in [0.05, 0.1) is 28.7 Å². The average molecular weight is 395 g/mol. The zero-order valence-electron chi connectivity index (χ0n) is 14.8. The highest BCUT2D eigenvalue weighted by molar-refractivity contribution is 7.80. The molecule has 1 heterocycles. The number of aromatic nitrogens is 2. The Bertz CT molecular complexity index is 1050. The topological polar surface area (TPSA) is 112 Å². The van der Waals surface area contributed by atoms with Crippen molar-refractivity contribution < 1.29 is 15.0 Å². The highest BCUT2D eigenvalue weighted by atomic mass is 32.1. The van der Waals surface area contributed by atoms with E-state index < -0.39 is 5.97 Å². The van der Waals surface area contributed by atoms with Crippen molar-refractivity contribution in [3.63, 3.8) is 0 Å². The maximum atomic E-state index is 11.0. The van der Waals surface area contributed by atoms with Crippen LogP contribution in [0.5, 0.6) is 5.88 Å². The molecule has 0 atom stereocenters. The summed E-state index contributed by atoms with van der Waals surface area (Å²) >= 11 is 5.14. The van der Waals surface area contributed by atoms with Gasteiger partial charge in [0.15, 0.2) is 5.11 Å². The van der Waals surface area contributed by atoms with Crippen LogP contribution >= 0.6 is 12.2 Å². The van der Waals surface area contributed by atoms with Gasteiger partial charge in [-0.25, -0.2) is 9.48 Å². The van der Waals surface area contributed by atoms with Gasteiger partial charge in [-0.05, 0) is 49.5 Å². The predicted octanol–water partition coefficient (Wildman–Crippen LogP) is 2.91. The molecule has 0 bridgehead atoms. The fourth-order valence-corrected chi connectivity index (χ4v) is 2.64. The largest absolute Gasteiger partial charge is 0.493 e. The predicted molar refractivity (Wildman–Crippen MR) is 110 cm³/mol. The first-order chi connectivity index (χ1) is 13.5. The molecule has 0 saturated carbocycles. The van der Waals surface area contributed by atoms with Crippen LogP contribution in [0.15, 0.2) is 59.7 Å². The third kappa shape index (κ3) is 4.33. The Hall–Kier alpha value is -3.72. The molecule has 0 radical (unpaired) electrons. The number of hydrazone groups is 1. The molecule has 0 fully saturated rings. The molecule has 3 rings (SSSR count). The molecule has 0 aliphatic heterocycles. The smallest absolute Gasteiger partial charge is 0.335 e. The normalized spacial score (nSPS) is 10.8. The average Bonchev–Trinajstić information content (AvgIpc) is 2.97. The number of aromatic carboxylic acids is 1. The number of thiocarbonyl (C=S) groups is 1. The molecule has 0 aliphatic carbocycles. The minimum Gasteiger partial charge on any atom is -0.493 e. The van der Waals surface area contributed by atoms with Crippen LogP contribution in [0.25, 0.3) is 5.69 Å². The Kier molecular flexibility index (Phi) is 5.66. The highest BCUT2D eigenvalue weighted by Crippen LogP contribution is 2.22. The van der Waals surface area contributed by atoms with Gasteiger partial charge in [-0.3, -0.25) is 5.43 Å². The number of anilines is 1. The quantitative estimate of drug-likeness (QED) is 0.299. The van der Waals surface area contributed by atoms with E-state index in [1.807, 2.05) is 30.3 Å². The van der Waals surface area contributed by atoms with Crippen molar-refractivity contribution in [1.29, 1.82) is 0 Å². The molecule has 0 saturated heterocycles. The van der Waals surface area contributed by atoms with Crippen LogP contribution in [-0.2, 0) is 0 Å². The second-order valence-electron chi connectivity index (χ2n) is 5.78. The monoisotopic (exact) mass is 395 g/mol. The van der Waals surface area contributed by atoms with Gasteiger partial charge in [0, 0.05) is 5.69 Å². The van der Waals surface area contributed by atoms with Gasteiger partial charge < -0.3 is 15.5 Å². The van der Waals surface area contributed by atoms with Crippen molar-refractivity contribution >= 4 is 35.2 Å². The van der Waals surface area contributed by atoms with Crippen LogP contribution in [0.1, 0.15) is 21.6 Å². The SMILES string of the molecule is Cc1nn(-c2ccccc2)c(O)c1/C=N/NC(=S)Nc1cccc(C(=O)O)c1. The van der Waals surface area contributed by atoms with E-state index in [1.54, 1.807) is 19.1 Å². The summed E-state index contributed by atoms with van der Waals surface area (Å²) in [5.41, 5.74) is 5.06. The summed E-state index contributed by atoms with van der Waals surface area (Å²) in [6.45, 7) is 1.76. The molecule has 2 aromatic carbocycles. The molecule has 9 heteroatoms. The number of aromatic hydroxyl groups is 1. The molecular weight excluding hydrogens is 378 g/mol. The first-order valence-corrected chi connectivity index (χ1v) is 8.64. The Morgan fingerprint density at radius 1 is 1.21 bits per heavy atom. The lowest BCUT2D eigenvalue weighted by atomic mass is 10.2. The maximum Gasteiger partial charge on any atom is 0.335 e. The zero-order chi connectivity index (χ0) is 20.1. The van der Waals surface area contributed by atoms with Gasteiger partial charge in [-0.1, -0.05) is 24.3 Å². The Balaban J connectivity index is 1.68. The van der Waals surface area contributed by atoms with Crippen LogP contribution in [0.4, 0.5) is 5.69 Å². The summed E-state index contributed by atoms with van der Waals surface area (Å²) in [5, 5.41) is 30.8. The van der Waals surface area contributed by atoms with Crippen molar-refractivity contribution in [2.45, 2.75) is 6.92 Å². The second kappa shape index (κ2) is 8.31. The lowest BCUT2D eigenvalue weighted by Gasteiger charge is -2.07. The summed E-state index contributed by atoms with van der Waals surface area (Å²) in [5.74, 6) is -1.07. The molecule has 0 spiro atoms. The number of carbonyl (C=O) groups is 1. The number of carboxylic acids is 1. The number of rotatable bonds is 5. The summed E-state index contributed by atoms with van der Waals surface area (Å²) in [4.78, 5) is 11.0. The van der Waals surface area contributed by atoms with E-state index in [1.165, 1.54) is 23.0 Å². The lowest BCUT2D eigenvalue weighted by molar-refractivity contribution is 0.0697. The molecule has 0 amide bonds. The highest BCUT2D eigenvalue weighted by Gasteiger charge is 2.13. The number of carboxylic acid groups (broad SMARTS) is 1. The molecule has 0 aliphatic rings. The number of hydrogen-bond acceptors (Lipinski definition) is 5. The van der Waals surface area contributed by atoms with Gasteiger partial charge in [0.25, 0.3) is 0 Å². The molecule has 0 unspecified atom stereocenters. The molecule has 28 heavy (non-hydrogen) atoms. The lowest BCUT2D eigenvalue weighted by Crippen LogP contribution is -2.24. The molecule has 4 N–H and O–H groups in total. The van der Waals surface area contributed by atoms with Crippen molar-refractivity contribution in [3.8, 4) is 11.6 Å². The number of benzene rings is 2. The van der Waals surface area contributed by atoms with Gasteiger partial charge >= 0.3 is 5.97 Å². The summed E-state index contributed by atoms with van der Waals surface area (Å²) in [7, 11) is 0. The van der Waals surface area contributed by atoms with Gasteiger partial charge in [-0.15, -0.1) is 0 Å². The van der Waals surface area contributed by atoms with Crippen molar-refractivity contribution in [1.82, 2.24) is 15.2 Å². The van der Waals surface area contributed by atoms with Gasteiger partial charge in [-0.2, -0.15) is 10.2 Å². The molecule has 8 nitrogen and oxygen atoms in total. The van der Waals surface area contributed by atoms with Crippen LogP contribution in [-0.4, -0.2) is 37.3 Å². The third-order valence-electron chi connectivity index (χ3n) is 3.81. The maximum absolute atomic E-state index is 11.0. The first kappa shape index (κ1) is 19.1.